The molecule has 0 heterocycles. The maximum absolute atomic E-state index is 11.1. The third-order valence-electron chi connectivity index (χ3n) is 2.97. The first-order chi connectivity index (χ1) is 9.53. The first kappa shape index (κ1) is 16.4. The molecule has 0 radical (unpaired) electrons. The van der Waals surface area contributed by atoms with Crippen LogP contribution in [0.3, 0.4) is 0 Å². The topological polar surface area (TPSA) is 73.6 Å². The van der Waals surface area contributed by atoms with Gasteiger partial charge in [-0.2, -0.15) is 11.8 Å². The standard InChI is InChI=1S/C13H20N2O4S/c1-9(20-4)5-6-14-10-7-12(18-2)13(19-3)8-11(10)15(16)17/h7-9,14H,5-6H2,1-4H3. The number of benzene rings is 1. The lowest BCUT2D eigenvalue weighted by atomic mass is 10.2. The van der Waals surface area contributed by atoms with E-state index in [2.05, 4.69) is 12.2 Å². The third kappa shape index (κ3) is 4.19. The predicted molar refractivity (Wildman–Crippen MR) is 82.3 cm³/mol. The van der Waals surface area contributed by atoms with Crippen LogP contribution in [0.15, 0.2) is 12.1 Å². The van der Waals surface area contributed by atoms with Crippen molar-refractivity contribution in [1.29, 1.82) is 0 Å². The molecular weight excluding hydrogens is 280 g/mol. The summed E-state index contributed by atoms with van der Waals surface area (Å²) >= 11 is 1.77. The van der Waals surface area contributed by atoms with Gasteiger partial charge in [-0.3, -0.25) is 10.1 Å². The average molecular weight is 300 g/mol. The predicted octanol–water partition coefficient (Wildman–Crippen LogP) is 3.17. The lowest BCUT2D eigenvalue weighted by molar-refractivity contribution is -0.384. The molecule has 0 bridgehead atoms. The van der Waals surface area contributed by atoms with Crippen LogP contribution in [0.2, 0.25) is 0 Å². The van der Waals surface area contributed by atoms with E-state index in [1.807, 2.05) is 6.26 Å². The lowest BCUT2D eigenvalue weighted by Crippen LogP contribution is -2.09. The molecule has 1 rings (SSSR count). The van der Waals surface area contributed by atoms with Crippen LogP contribution in [0.5, 0.6) is 11.5 Å². The number of thioether (sulfide) groups is 1. The summed E-state index contributed by atoms with van der Waals surface area (Å²) in [5.74, 6) is 0.820. The Kier molecular flexibility index (Phi) is 6.44. The zero-order valence-corrected chi connectivity index (χ0v) is 13.0. The number of nitrogens with zero attached hydrogens (tertiary/aromatic N) is 1. The minimum absolute atomic E-state index is 0.0144. The summed E-state index contributed by atoms with van der Waals surface area (Å²) in [6, 6.07) is 2.97. The smallest absolute Gasteiger partial charge is 0.296 e. The van der Waals surface area contributed by atoms with Crippen molar-refractivity contribution < 1.29 is 14.4 Å². The highest BCUT2D eigenvalue weighted by Gasteiger charge is 2.19. The largest absolute Gasteiger partial charge is 0.493 e. The van der Waals surface area contributed by atoms with Crippen molar-refractivity contribution in [3.8, 4) is 11.5 Å². The van der Waals surface area contributed by atoms with Gasteiger partial charge in [0.05, 0.1) is 25.2 Å². The van der Waals surface area contributed by atoms with Gasteiger partial charge in [-0.25, -0.2) is 0 Å². The van der Waals surface area contributed by atoms with Gasteiger partial charge in [0.25, 0.3) is 5.69 Å². The van der Waals surface area contributed by atoms with E-state index in [0.29, 0.717) is 29.0 Å². The van der Waals surface area contributed by atoms with E-state index in [1.165, 1.54) is 20.3 Å². The van der Waals surface area contributed by atoms with Gasteiger partial charge in [0.1, 0.15) is 5.69 Å². The molecular formula is C13H20N2O4S. The van der Waals surface area contributed by atoms with Crippen LogP contribution in [-0.2, 0) is 0 Å². The average Bonchev–Trinajstić information content (AvgIpc) is 2.45. The highest BCUT2D eigenvalue weighted by Crippen LogP contribution is 2.37. The Bertz CT molecular complexity index is 468. The Morgan fingerprint density at radius 1 is 1.35 bits per heavy atom. The molecule has 1 atom stereocenters. The van der Waals surface area contributed by atoms with Crippen molar-refractivity contribution in [3.63, 3.8) is 0 Å². The van der Waals surface area contributed by atoms with Gasteiger partial charge in [-0.15, -0.1) is 0 Å². The molecule has 0 aliphatic carbocycles. The SMILES string of the molecule is COc1cc(NCCC(C)SC)c([N+](=O)[O-])cc1OC. The number of nitrogens with one attached hydrogen (secondary N) is 1. The van der Waals surface area contributed by atoms with Crippen LogP contribution in [0, 0.1) is 10.1 Å². The van der Waals surface area contributed by atoms with Gasteiger partial charge in [-0.05, 0) is 12.7 Å². The lowest BCUT2D eigenvalue weighted by Gasteiger charge is -2.13. The van der Waals surface area contributed by atoms with Crippen molar-refractivity contribution in [2.75, 3.05) is 32.3 Å². The Morgan fingerprint density at radius 2 is 1.95 bits per heavy atom. The van der Waals surface area contributed by atoms with Crippen LogP contribution >= 0.6 is 11.8 Å². The monoisotopic (exact) mass is 300 g/mol. The van der Waals surface area contributed by atoms with E-state index in [4.69, 9.17) is 9.47 Å². The Morgan fingerprint density at radius 3 is 2.45 bits per heavy atom. The molecule has 1 unspecified atom stereocenters. The summed E-state index contributed by atoms with van der Waals surface area (Å²) in [5.41, 5.74) is 0.431. The summed E-state index contributed by atoms with van der Waals surface area (Å²) < 4.78 is 10.3. The van der Waals surface area contributed by atoms with Crippen molar-refractivity contribution in [2.45, 2.75) is 18.6 Å². The number of hydrogen-bond donors (Lipinski definition) is 1. The molecule has 0 aliphatic rings. The number of nitro groups is 1. The van der Waals surface area contributed by atoms with Gasteiger partial charge in [-0.1, -0.05) is 6.92 Å². The molecule has 0 aromatic heterocycles. The molecule has 0 fully saturated rings. The molecule has 1 N–H and O–H groups in total. The van der Waals surface area contributed by atoms with E-state index < -0.39 is 4.92 Å². The van der Waals surface area contributed by atoms with E-state index in [1.54, 1.807) is 17.8 Å². The second-order valence-electron chi connectivity index (χ2n) is 4.24. The fourth-order valence-electron chi connectivity index (χ4n) is 1.69. The summed E-state index contributed by atoms with van der Waals surface area (Å²) in [7, 11) is 2.96. The first-order valence-electron chi connectivity index (χ1n) is 6.20. The summed E-state index contributed by atoms with van der Waals surface area (Å²) in [6.45, 7) is 2.79. The molecule has 20 heavy (non-hydrogen) atoms. The van der Waals surface area contributed by atoms with Crippen LogP contribution in [-0.4, -0.2) is 37.2 Å². The van der Waals surface area contributed by atoms with E-state index in [-0.39, 0.29) is 5.69 Å². The van der Waals surface area contributed by atoms with Crippen LogP contribution < -0.4 is 14.8 Å². The normalized spacial score (nSPS) is 11.8. The second kappa shape index (κ2) is 7.84. The number of nitro benzene ring substituents is 1. The molecule has 0 aliphatic heterocycles. The Hall–Kier alpha value is -1.63. The molecule has 0 amide bonds. The van der Waals surface area contributed by atoms with E-state index in [9.17, 15) is 10.1 Å². The Balaban J connectivity index is 2.94. The molecule has 7 heteroatoms. The van der Waals surface area contributed by atoms with Gasteiger partial charge in [0.15, 0.2) is 11.5 Å². The van der Waals surface area contributed by atoms with Gasteiger partial charge >= 0.3 is 0 Å². The van der Waals surface area contributed by atoms with Crippen molar-refractivity contribution in [1.82, 2.24) is 0 Å². The van der Waals surface area contributed by atoms with Crippen molar-refractivity contribution in [3.05, 3.63) is 22.2 Å². The fraction of sp³-hybridized carbons (Fsp3) is 0.538. The number of anilines is 1. The van der Waals surface area contributed by atoms with Crippen LogP contribution in [0.25, 0.3) is 0 Å². The second-order valence-corrected chi connectivity index (χ2v) is 5.52. The molecule has 6 nitrogen and oxygen atoms in total. The molecule has 1 aromatic carbocycles. The Labute approximate surface area is 123 Å². The summed E-state index contributed by atoms with van der Waals surface area (Å²) in [5, 5.41) is 14.7. The maximum Gasteiger partial charge on any atom is 0.296 e. The summed E-state index contributed by atoms with van der Waals surface area (Å²) in [4.78, 5) is 10.7. The number of ether oxygens (including phenoxy) is 2. The number of methoxy groups -OCH3 is 2. The zero-order valence-electron chi connectivity index (χ0n) is 12.1. The minimum atomic E-state index is -0.428. The zero-order chi connectivity index (χ0) is 15.1. The van der Waals surface area contributed by atoms with E-state index >= 15 is 0 Å². The van der Waals surface area contributed by atoms with Crippen LogP contribution in [0.1, 0.15) is 13.3 Å². The van der Waals surface area contributed by atoms with Crippen LogP contribution in [0.4, 0.5) is 11.4 Å². The molecule has 112 valence electrons. The molecule has 1 aromatic rings. The maximum atomic E-state index is 11.1. The summed E-state index contributed by atoms with van der Waals surface area (Å²) in [6.07, 6.45) is 2.97. The third-order valence-corrected chi connectivity index (χ3v) is 4.01. The van der Waals surface area contributed by atoms with Gasteiger partial charge < -0.3 is 14.8 Å². The fourth-order valence-corrected chi connectivity index (χ4v) is 2.04. The highest BCUT2D eigenvalue weighted by atomic mass is 32.2. The van der Waals surface area contributed by atoms with Crippen molar-refractivity contribution in [2.24, 2.45) is 0 Å². The first-order valence-corrected chi connectivity index (χ1v) is 7.49. The minimum Gasteiger partial charge on any atom is -0.493 e. The molecule has 0 saturated heterocycles. The number of rotatable bonds is 8. The quantitative estimate of drug-likeness (QED) is 0.587. The van der Waals surface area contributed by atoms with Crippen molar-refractivity contribution >= 4 is 23.1 Å². The van der Waals surface area contributed by atoms with Gasteiger partial charge in [0.2, 0.25) is 0 Å². The molecule has 0 spiro atoms. The number of hydrogen-bond acceptors (Lipinski definition) is 6. The van der Waals surface area contributed by atoms with E-state index in [0.717, 1.165) is 6.42 Å². The van der Waals surface area contributed by atoms with Gasteiger partial charge in [0, 0.05) is 17.9 Å². The highest BCUT2D eigenvalue weighted by molar-refractivity contribution is 7.99. The molecule has 0 saturated carbocycles.